The number of hydrogen-bond donors (Lipinski definition) is 2. The maximum Gasteiger partial charge on any atom is 0.300 e. The number of carbonyl (C=O) groups excluding carboxylic acids is 2. The molecule has 1 aromatic heterocycles. The Balaban J connectivity index is 1.71. The molecule has 2 N–H and O–H groups in total. The van der Waals surface area contributed by atoms with E-state index in [1.807, 2.05) is 80.6 Å². The van der Waals surface area contributed by atoms with Gasteiger partial charge in [-0.15, -0.1) is 0 Å². The lowest BCUT2D eigenvalue weighted by Crippen LogP contribution is -2.29. The molecular formula is C31H31N3O3. The first-order valence-corrected chi connectivity index (χ1v) is 12.6. The zero-order chi connectivity index (χ0) is 26.3. The third kappa shape index (κ3) is 4.08. The highest BCUT2D eigenvalue weighted by Crippen LogP contribution is 2.43. The second-order valence-electron chi connectivity index (χ2n) is 9.45. The minimum atomic E-state index is -0.762. The standard InChI is InChI=1S/C31H31N3O3/c1-5-33(6-2)22-15-12-21(13-16-22)28-27(29(35)25-18-32-26-10-8-7-9-24(25)26)30(36)31(37)34(28)23-14-11-19(3)20(4)17-23/h7-18,28,32,35H,5-6H2,1-4H3/b29-27-. The Hall–Kier alpha value is -4.32. The van der Waals surface area contributed by atoms with Crippen molar-refractivity contribution >= 4 is 39.7 Å². The van der Waals surface area contributed by atoms with E-state index in [0.717, 1.165) is 46.4 Å². The molecule has 6 nitrogen and oxygen atoms in total. The number of aliphatic hydroxyl groups excluding tert-OH is 1. The van der Waals surface area contributed by atoms with Crippen LogP contribution in [0.5, 0.6) is 0 Å². The van der Waals surface area contributed by atoms with E-state index in [1.54, 1.807) is 6.20 Å². The summed E-state index contributed by atoms with van der Waals surface area (Å²) in [5.74, 6) is -1.53. The van der Waals surface area contributed by atoms with Crippen LogP contribution in [0.25, 0.3) is 16.7 Å². The molecule has 1 aliphatic heterocycles. The molecule has 0 radical (unpaired) electrons. The summed E-state index contributed by atoms with van der Waals surface area (Å²) >= 11 is 0. The van der Waals surface area contributed by atoms with Crippen molar-refractivity contribution in [3.05, 3.63) is 101 Å². The van der Waals surface area contributed by atoms with Crippen molar-refractivity contribution in [1.29, 1.82) is 0 Å². The predicted octanol–water partition coefficient (Wildman–Crippen LogP) is 6.26. The van der Waals surface area contributed by atoms with Crippen LogP contribution in [0.1, 0.15) is 42.1 Å². The summed E-state index contributed by atoms with van der Waals surface area (Å²) in [5, 5.41) is 12.3. The van der Waals surface area contributed by atoms with Crippen LogP contribution >= 0.6 is 0 Å². The first-order valence-electron chi connectivity index (χ1n) is 12.6. The number of benzene rings is 3. The van der Waals surface area contributed by atoms with Gasteiger partial charge in [-0.3, -0.25) is 14.5 Å². The number of aromatic amines is 1. The highest BCUT2D eigenvalue weighted by atomic mass is 16.3. The summed E-state index contributed by atoms with van der Waals surface area (Å²) < 4.78 is 0. The molecule has 1 fully saturated rings. The molecule has 0 bridgehead atoms. The van der Waals surface area contributed by atoms with Crippen LogP contribution in [0.2, 0.25) is 0 Å². The number of aryl methyl sites for hydroxylation is 2. The quantitative estimate of drug-likeness (QED) is 0.189. The van der Waals surface area contributed by atoms with Gasteiger partial charge in [0.25, 0.3) is 11.7 Å². The molecule has 1 atom stereocenters. The van der Waals surface area contributed by atoms with Crippen LogP contribution in [0.3, 0.4) is 0 Å². The number of H-pyrrole nitrogens is 1. The van der Waals surface area contributed by atoms with E-state index >= 15 is 0 Å². The van der Waals surface area contributed by atoms with Crippen LogP contribution in [0.15, 0.2) is 78.5 Å². The summed E-state index contributed by atoms with van der Waals surface area (Å²) in [6.07, 6.45) is 1.68. The number of nitrogens with one attached hydrogen (secondary N) is 1. The van der Waals surface area contributed by atoms with Crippen molar-refractivity contribution in [2.45, 2.75) is 33.7 Å². The maximum absolute atomic E-state index is 13.5. The molecule has 4 aromatic rings. The maximum atomic E-state index is 13.5. The number of amides is 1. The van der Waals surface area contributed by atoms with Gasteiger partial charge in [-0.25, -0.2) is 0 Å². The molecule has 5 rings (SSSR count). The SMILES string of the molecule is CCN(CC)c1ccc(C2/C(=C(/O)c3c[nH]c4ccccc34)C(=O)C(=O)N2c2ccc(C)c(C)c2)cc1. The highest BCUT2D eigenvalue weighted by molar-refractivity contribution is 6.51. The van der Waals surface area contributed by atoms with Crippen LogP contribution in [-0.4, -0.2) is 34.9 Å². The van der Waals surface area contributed by atoms with Crippen molar-refractivity contribution in [2.24, 2.45) is 0 Å². The van der Waals surface area contributed by atoms with Gasteiger partial charge in [0.05, 0.1) is 11.6 Å². The van der Waals surface area contributed by atoms with Gasteiger partial charge in [0.1, 0.15) is 5.76 Å². The average Bonchev–Trinajstić information content (AvgIpc) is 3.45. The molecule has 0 spiro atoms. The fraction of sp³-hybridized carbons (Fsp3) is 0.226. The second kappa shape index (κ2) is 9.62. The average molecular weight is 494 g/mol. The summed E-state index contributed by atoms with van der Waals surface area (Å²) in [6.45, 7) is 9.94. The van der Waals surface area contributed by atoms with E-state index < -0.39 is 17.7 Å². The van der Waals surface area contributed by atoms with Gasteiger partial charge in [0, 0.05) is 47.1 Å². The zero-order valence-electron chi connectivity index (χ0n) is 21.6. The number of anilines is 2. The predicted molar refractivity (Wildman–Crippen MR) is 149 cm³/mol. The molecular weight excluding hydrogens is 462 g/mol. The van der Waals surface area contributed by atoms with Gasteiger partial charge in [-0.1, -0.05) is 36.4 Å². The number of ketones is 1. The number of fused-ring (bicyclic) bond motifs is 1. The zero-order valence-corrected chi connectivity index (χ0v) is 21.6. The van der Waals surface area contributed by atoms with Crippen molar-refractivity contribution < 1.29 is 14.7 Å². The molecule has 188 valence electrons. The summed E-state index contributed by atoms with van der Waals surface area (Å²) in [7, 11) is 0. The lowest BCUT2D eigenvalue weighted by molar-refractivity contribution is -0.132. The molecule has 2 heterocycles. The summed E-state index contributed by atoms with van der Waals surface area (Å²) in [4.78, 5) is 34.0. The monoisotopic (exact) mass is 493 g/mol. The Morgan fingerprint density at radius 3 is 2.32 bits per heavy atom. The van der Waals surface area contributed by atoms with Crippen molar-refractivity contribution in [3.8, 4) is 0 Å². The number of rotatable bonds is 6. The topological polar surface area (TPSA) is 76.6 Å². The van der Waals surface area contributed by atoms with Crippen molar-refractivity contribution in [1.82, 2.24) is 4.98 Å². The van der Waals surface area contributed by atoms with E-state index in [0.29, 0.717) is 11.3 Å². The molecule has 37 heavy (non-hydrogen) atoms. The lowest BCUT2D eigenvalue weighted by Gasteiger charge is -2.27. The van der Waals surface area contributed by atoms with Gasteiger partial charge in [0.2, 0.25) is 0 Å². The smallest absolute Gasteiger partial charge is 0.300 e. The Labute approximate surface area is 216 Å². The molecule has 3 aromatic carbocycles. The second-order valence-corrected chi connectivity index (χ2v) is 9.45. The summed E-state index contributed by atoms with van der Waals surface area (Å²) in [5.41, 5.74) is 5.99. The number of hydrogen-bond acceptors (Lipinski definition) is 4. The van der Waals surface area contributed by atoms with E-state index in [4.69, 9.17) is 0 Å². The van der Waals surface area contributed by atoms with Crippen LogP contribution < -0.4 is 9.80 Å². The minimum absolute atomic E-state index is 0.0866. The first-order chi connectivity index (χ1) is 17.8. The molecule has 6 heteroatoms. The molecule has 0 aliphatic carbocycles. The fourth-order valence-electron chi connectivity index (χ4n) is 5.16. The lowest BCUT2D eigenvalue weighted by atomic mass is 9.94. The number of aromatic nitrogens is 1. The van der Waals surface area contributed by atoms with Crippen LogP contribution in [0.4, 0.5) is 11.4 Å². The third-order valence-corrected chi connectivity index (χ3v) is 7.39. The highest BCUT2D eigenvalue weighted by Gasteiger charge is 2.47. The Kier molecular flexibility index (Phi) is 6.34. The van der Waals surface area contributed by atoms with Gasteiger partial charge < -0.3 is 15.0 Å². The Morgan fingerprint density at radius 1 is 0.946 bits per heavy atom. The van der Waals surface area contributed by atoms with Gasteiger partial charge in [0.15, 0.2) is 0 Å². The largest absolute Gasteiger partial charge is 0.507 e. The third-order valence-electron chi connectivity index (χ3n) is 7.39. The van der Waals surface area contributed by atoms with E-state index in [1.165, 1.54) is 4.90 Å². The number of aliphatic hydroxyl groups is 1. The normalized spacial score (nSPS) is 17.1. The molecule has 1 saturated heterocycles. The van der Waals surface area contributed by atoms with E-state index in [-0.39, 0.29) is 11.3 Å². The molecule has 0 saturated carbocycles. The van der Waals surface area contributed by atoms with Crippen LogP contribution in [-0.2, 0) is 9.59 Å². The summed E-state index contributed by atoms with van der Waals surface area (Å²) in [6, 6.07) is 20.4. The molecule has 1 aliphatic rings. The number of Topliss-reactive ketones (excluding diaryl/α,β-unsaturated/α-hetero) is 1. The van der Waals surface area contributed by atoms with Crippen LogP contribution in [0, 0.1) is 13.8 Å². The Bertz CT molecular complexity index is 1530. The number of para-hydroxylation sites is 1. The van der Waals surface area contributed by atoms with Gasteiger partial charge in [-0.2, -0.15) is 0 Å². The number of nitrogens with zero attached hydrogens (tertiary/aromatic N) is 2. The first kappa shape index (κ1) is 24.4. The van der Waals surface area contributed by atoms with Crippen molar-refractivity contribution in [3.63, 3.8) is 0 Å². The fourth-order valence-corrected chi connectivity index (χ4v) is 5.16. The van der Waals surface area contributed by atoms with E-state index in [2.05, 4.69) is 23.7 Å². The van der Waals surface area contributed by atoms with Gasteiger partial charge >= 0.3 is 0 Å². The number of carbonyl (C=O) groups is 2. The molecule has 1 amide bonds. The van der Waals surface area contributed by atoms with Crippen molar-refractivity contribution in [2.75, 3.05) is 22.9 Å². The minimum Gasteiger partial charge on any atom is -0.507 e. The van der Waals surface area contributed by atoms with E-state index in [9.17, 15) is 14.7 Å². The van der Waals surface area contributed by atoms with Gasteiger partial charge in [-0.05, 0) is 74.7 Å². The Morgan fingerprint density at radius 2 is 1.65 bits per heavy atom. The molecule has 1 unspecified atom stereocenters.